The van der Waals surface area contributed by atoms with E-state index < -0.39 is 0 Å². The molecule has 3 rings (SSSR count). The molecule has 2 aromatic carbocycles. The van der Waals surface area contributed by atoms with Crippen LogP contribution in [0.25, 0.3) is 0 Å². The van der Waals surface area contributed by atoms with Gasteiger partial charge in [-0.25, -0.2) is 0 Å². The first-order valence-electron chi connectivity index (χ1n) is 9.42. The topological polar surface area (TPSA) is 83.1 Å². The highest BCUT2D eigenvalue weighted by atomic mass is 16.2. The molecule has 3 N–H and O–H groups in total. The number of rotatable bonds is 6. The molecule has 0 aliphatic carbocycles. The van der Waals surface area contributed by atoms with Crippen molar-refractivity contribution in [2.45, 2.75) is 26.7 Å². The summed E-state index contributed by atoms with van der Waals surface area (Å²) in [6, 6.07) is 16.9. The Morgan fingerprint density at radius 3 is 1.97 bits per heavy atom. The fourth-order valence-electron chi connectivity index (χ4n) is 2.79. The van der Waals surface area contributed by atoms with Crippen LogP contribution in [0.4, 0.5) is 22.7 Å². The second-order valence-corrected chi connectivity index (χ2v) is 7.08. The second kappa shape index (κ2) is 9.01. The second-order valence-electron chi connectivity index (χ2n) is 7.08. The summed E-state index contributed by atoms with van der Waals surface area (Å²) in [5, 5.41) is 8.79. The summed E-state index contributed by atoms with van der Waals surface area (Å²) in [6.45, 7) is 5.76. The van der Waals surface area contributed by atoms with Crippen LogP contribution in [0.3, 0.4) is 0 Å². The van der Waals surface area contributed by atoms with Gasteiger partial charge in [-0.15, -0.1) is 0 Å². The van der Waals surface area contributed by atoms with E-state index in [1.54, 1.807) is 36.5 Å². The van der Waals surface area contributed by atoms with Crippen LogP contribution in [-0.2, 0) is 4.79 Å². The van der Waals surface area contributed by atoms with Gasteiger partial charge in [0.15, 0.2) is 0 Å². The number of carbonyl (C=O) groups is 2. The number of nitrogens with one attached hydrogen (secondary N) is 3. The summed E-state index contributed by atoms with van der Waals surface area (Å²) in [7, 11) is 0. The van der Waals surface area contributed by atoms with Crippen LogP contribution in [0.2, 0.25) is 0 Å². The molecule has 0 bridgehead atoms. The maximum Gasteiger partial charge on any atom is 0.257 e. The Labute approximate surface area is 170 Å². The lowest BCUT2D eigenvalue weighted by atomic mass is 10.0. The van der Waals surface area contributed by atoms with Crippen molar-refractivity contribution in [3.05, 3.63) is 78.1 Å². The van der Waals surface area contributed by atoms with Gasteiger partial charge < -0.3 is 16.0 Å². The minimum Gasteiger partial charge on any atom is -0.354 e. The van der Waals surface area contributed by atoms with E-state index >= 15 is 0 Å². The Bertz CT molecular complexity index is 996. The van der Waals surface area contributed by atoms with Crippen LogP contribution in [0, 0.1) is 0 Å². The van der Waals surface area contributed by atoms with E-state index in [1.165, 1.54) is 18.7 Å². The highest BCUT2D eigenvalue weighted by Crippen LogP contribution is 2.21. The third-order valence-corrected chi connectivity index (χ3v) is 4.33. The van der Waals surface area contributed by atoms with Crippen LogP contribution in [0.5, 0.6) is 0 Å². The average molecular weight is 388 g/mol. The molecule has 0 saturated heterocycles. The van der Waals surface area contributed by atoms with Gasteiger partial charge in [-0.2, -0.15) is 0 Å². The number of pyridine rings is 1. The molecule has 0 fully saturated rings. The number of aromatic nitrogens is 1. The van der Waals surface area contributed by atoms with Gasteiger partial charge in [-0.3, -0.25) is 14.6 Å². The SMILES string of the molecule is CC(=O)Nc1ccc(NC(=O)c2cncc(Nc3ccc(C(C)C)cc3)c2)cc1. The number of amides is 2. The lowest BCUT2D eigenvalue weighted by molar-refractivity contribution is -0.114. The largest absolute Gasteiger partial charge is 0.354 e. The molecule has 0 spiro atoms. The van der Waals surface area contributed by atoms with E-state index in [9.17, 15) is 9.59 Å². The highest BCUT2D eigenvalue weighted by molar-refractivity contribution is 6.04. The molecule has 29 heavy (non-hydrogen) atoms. The van der Waals surface area contributed by atoms with Crippen LogP contribution >= 0.6 is 0 Å². The summed E-state index contributed by atoms with van der Waals surface area (Å²) in [5.74, 6) is 0.0738. The Morgan fingerprint density at radius 2 is 1.38 bits per heavy atom. The van der Waals surface area contributed by atoms with Crippen LogP contribution in [0.15, 0.2) is 67.0 Å². The maximum atomic E-state index is 12.6. The van der Waals surface area contributed by atoms with Crippen molar-refractivity contribution in [2.75, 3.05) is 16.0 Å². The fraction of sp³-hybridized carbons (Fsp3) is 0.174. The van der Waals surface area contributed by atoms with Crippen LogP contribution in [-0.4, -0.2) is 16.8 Å². The number of hydrogen-bond acceptors (Lipinski definition) is 4. The normalized spacial score (nSPS) is 10.5. The first-order chi connectivity index (χ1) is 13.9. The third kappa shape index (κ3) is 5.65. The van der Waals surface area contributed by atoms with E-state index in [0.29, 0.717) is 22.9 Å². The fourth-order valence-corrected chi connectivity index (χ4v) is 2.79. The molecule has 6 nitrogen and oxygen atoms in total. The molecule has 0 atom stereocenters. The van der Waals surface area contributed by atoms with E-state index in [0.717, 1.165) is 11.4 Å². The standard InChI is InChI=1S/C23H24N4O2/c1-15(2)17-4-6-20(7-5-17)26-22-12-18(13-24-14-22)23(29)27-21-10-8-19(9-11-21)25-16(3)28/h4-15,26H,1-3H3,(H,25,28)(H,27,29). The zero-order valence-corrected chi connectivity index (χ0v) is 16.7. The first kappa shape index (κ1) is 20.1. The van der Waals surface area contributed by atoms with E-state index in [2.05, 4.69) is 46.9 Å². The Hall–Kier alpha value is -3.67. The van der Waals surface area contributed by atoms with Crippen molar-refractivity contribution in [3.63, 3.8) is 0 Å². The molecule has 0 radical (unpaired) electrons. The van der Waals surface area contributed by atoms with Crippen molar-refractivity contribution >= 4 is 34.6 Å². The lowest BCUT2D eigenvalue weighted by Crippen LogP contribution is -2.12. The summed E-state index contributed by atoms with van der Waals surface area (Å²) in [6.07, 6.45) is 3.20. The quantitative estimate of drug-likeness (QED) is 0.545. The molecule has 0 aliphatic heterocycles. The predicted molar refractivity (Wildman–Crippen MR) is 117 cm³/mol. The highest BCUT2D eigenvalue weighted by Gasteiger charge is 2.08. The third-order valence-electron chi connectivity index (χ3n) is 4.33. The van der Waals surface area contributed by atoms with Gasteiger partial charge in [0.05, 0.1) is 17.4 Å². The minimum absolute atomic E-state index is 0.143. The van der Waals surface area contributed by atoms with Gasteiger partial charge in [0, 0.05) is 30.2 Å². The molecule has 0 unspecified atom stereocenters. The van der Waals surface area contributed by atoms with Crippen molar-refractivity contribution in [3.8, 4) is 0 Å². The predicted octanol–water partition coefficient (Wildman–Crippen LogP) is 5.16. The Kier molecular flexibility index (Phi) is 6.24. The molecule has 148 valence electrons. The van der Waals surface area contributed by atoms with Crippen LogP contribution < -0.4 is 16.0 Å². The summed E-state index contributed by atoms with van der Waals surface area (Å²) in [5.41, 5.74) is 4.68. The molecule has 1 aromatic heterocycles. The number of hydrogen-bond donors (Lipinski definition) is 3. The molecule has 0 saturated carbocycles. The number of carbonyl (C=O) groups excluding carboxylic acids is 2. The molecule has 1 heterocycles. The van der Waals surface area contributed by atoms with Gasteiger partial charge >= 0.3 is 0 Å². The van der Waals surface area contributed by atoms with Gasteiger partial charge in [-0.1, -0.05) is 26.0 Å². The Morgan fingerprint density at radius 1 is 0.793 bits per heavy atom. The summed E-state index contributed by atoms with van der Waals surface area (Å²) < 4.78 is 0. The minimum atomic E-state index is -0.261. The van der Waals surface area contributed by atoms with Gasteiger partial charge in [0.2, 0.25) is 5.91 Å². The van der Waals surface area contributed by atoms with E-state index in [-0.39, 0.29) is 11.8 Å². The van der Waals surface area contributed by atoms with Gasteiger partial charge in [0.25, 0.3) is 5.91 Å². The zero-order chi connectivity index (χ0) is 20.8. The summed E-state index contributed by atoms with van der Waals surface area (Å²) >= 11 is 0. The molecular formula is C23H24N4O2. The van der Waals surface area contributed by atoms with Gasteiger partial charge in [0.1, 0.15) is 0 Å². The molecular weight excluding hydrogens is 364 g/mol. The van der Waals surface area contributed by atoms with Crippen molar-refractivity contribution in [1.82, 2.24) is 4.98 Å². The lowest BCUT2D eigenvalue weighted by Gasteiger charge is -2.11. The summed E-state index contributed by atoms with van der Waals surface area (Å²) in [4.78, 5) is 27.8. The van der Waals surface area contributed by atoms with Crippen molar-refractivity contribution in [2.24, 2.45) is 0 Å². The van der Waals surface area contributed by atoms with Crippen molar-refractivity contribution < 1.29 is 9.59 Å². The molecule has 0 aliphatic rings. The molecule has 6 heteroatoms. The molecule has 2 amide bonds. The monoisotopic (exact) mass is 388 g/mol. The molecule has 3 aromatic rings. The van der Waals surface area contributed by atoms with Crippen LogP contribution in [0.1, 0.15) is 42.6 Å². The first-order valence-corrected chi connectivity index (χ1v) is 9.42. The number of anilines is 4. The number of nitrogens with zero attached hydrogens (tertiary/aromatic N) is 1. The Balaban J connectivity index is 1.66. The maximum absolute atomic E-state index is 12.6. The van der Waals surface area contributed by atoms with Gasteiger partial charge in [-0.05, 0) is 53.9 Å². The van der Waals surface area contributed by atoms with E-state index in [1.807, 2.05) is 12.1 Å². The smallest absolute Gasteiger partial charge is 0.257 e. The average Bonchev–Trinajstić information content (AvgIpc) is 2.70. The van der Waals surface area contributed by atoms with E-state index in [4.69, 9.17) is 0 Å². The number of benzene rings is 2. The van der Waals surface area contributed by atoms with Crippen molar-refractivity contribution in [1.29, 1.82) is 0 Å². The zero-order valence-electron chi connectivity index (χ0n) is 16.7.